The van der Waals surface area contributed by atoms with Crippen LogP contribution in [0.15, 0.2) is 47.6 Å². The summed E-state index contributed by atoms with van der Waals surface area (Å²) in [6.45, 7) is 9.74. The Morgan fingerprint density at radius 2 is 1.87 bits per heavy atom. The van der Waals surface area contributed by atoms with Crippen LogP contribution in [0.2, 0.25) is 0 Å². The summed E-state index contributed by atoms with van der Waals surface area (Å²) in [5.41, 5.74) is 10.6. The van der Waals surface area contributed by atoms with E-state index in [4.69, 9.17) is 10.7 Å². The number of piperidine rings is 1. The lowest BCUT2D eigenvalue weighted by Gasteiger charge is -2.43. The van der Waals surface area contributed by atoms with Crippen molar-refractivity contribution in [2.75, 3.05) is 78.5 Å². The second-order valence-electron chi connectivity index (χ2n) is 12.4. The number of H-pyrrole nitrogens is 1. The number of nitrogens with two attached hydrogens (primary N) is 1. The number of anilines is 4. The highest BCUT2D eigenvalue weighted by Gasteiger charge is 2.37. The number of aromatic amines is 1. The fraction of sp³-hybridized carbons (Fsp3) is 0.484. The number of amidine groups is 1. The quantitative estimate of drug-likeness (QED) is 0.322. The minimum atomic E-state index is -3.48. The van der Waals surface area contributed by atoms with Crippen molar-refractivity contribution in [1.29, 1.82) is 0 Å². The zero-order valence-corrected chi connectivity index (χ0v) is 26.6. The number of nitrogens with one attached hydrogen (secondary N) is 3. The van der Waals surface area contributed by atoms with Gasteiger partial charge in [0.25, 0.3) is 0 Å². The molecule has 3 aromatic rings. The molecule has 240 valence electrons. The van der Waals surface area contributed by atoms with Crippen molar-refractivity contribution in [1.82, 2.24) is 20.0 Å². The Bertz CT molecular complexity index is 1710. The number of likely N-dealkylation sites (N-methyl/N-ethyl adjacent to an activating group) is 1. The molecule has 4 aliphatic rings. The van der Waals surface area contributed by atoms with Gasteiger partial charge in [-0.15, -0.1) is 0 Å². The van der Waals surface area contributed by atoms with Crippen LogP contribution in [-0.2, 0) is 22.2 Å². The lowest BCUT2D eigenvalue weighted by molar-refractivity contribution is 0.0878. The van der Waals surface area contributed by atoms with E-state index in [-0.39, 0.29) is 5.82 Å². The first-order chi connectivity index (χ1) is 21.6. The fourth-order valence-electron chi connectivity index (χ4n) is 7.15. The van der Waals surface area contributed by atoms with Gasteiger partial charge in [-0.3, -0.25) is 20.0 Å². The number of benzene rings is 2. The molecule has 1 aromatic heterocycles. The molecule has 14 heteroatoms. The van der Waals surface area contributed by atoms with Crippen molar-refractivity contribution < 1.29 is 12.8 Å². The first-order valence-corrected chi connectivity index (χ1v) is 17.6. The molecule has 2 aromatic carbocycles. The number of halogens is 1. The van der Waals surface area contributed by atoms with Gasteiger partial charge in [0.1, 0.15) is 17.5 Å². The first-order valence-electron chi connectivity index (χ1n) is 15.7. The van der Waals surface area contributed by atoms with Gasteiger partial charge in [-0.05, 0) is 49.6 Å². The third-order valence-corrected chi connectivity index (χ3v) is 10.8. The van der Waals surface area contributed by atoms with Gasteiger partial charge in [-0.1, -0.05) is 25.1 Å². The number of para-hydroxylation sites is 1. The number of nitrogens with zero attached hydrogens (tertiary/aromatic N) is 6. The number of rotatable bonds is 6. The Morgan fingerprint density at radius 1 is 1.09 bits per heavy atom. The highest BCUT2D eigenvalue weighted by atomic mass is 32.2. The molecular weight excluding hydrogens is 595 g/mol. The molecule has 2 fully saturated rings. The van der Waals surface area contributed by atoms with Gasteiger partial charge in [-0.25, -0.2) is 17.8 Å². The summed E-state index contributed by atoms with van der Waals surface area (Å²) >= 11 is 0. The SMILES string of the molecule is CCN1CCN(C2CCN(c3ccc(C4(N)N=C(Nc5cccc6c5N(S(C)(=O)=O)CC6)c5cn[nH]c5N4)cc3F)CC2)CC1. The van der Waals surface area contributed by atoms with E-state index in [9.17, 15) is 8.42 Å². The van der Waals surface area contributed by atoms with Crippen molar-refractivity contribution in [2.24, 2.45) is 10.7 Å². The number of hydrogen-bond donors (Lipinski definition) is 4. The Balaban J connectivity index is 1.11. The van der Waals surface area contributed by atoms with E-state index < -0.39 is 15.8 Å². The van der Waals surface area contributed by atoms with E-state index in [0.29, 0.717) is 58.8 Å². The molecule has 1 atom stereocenters. The lowest BCUT2D eigenvalue weighted by atomic mass is 10.0. The maximum absolute atomic E-state index is 15.8. The molecule has 45 heavy (non-hydrogen) atoms. The largest absolute Gasteiger partial charge is 0.369 e. The molecule has 2 saturated heterocycles. The van der Waals surface area contributed by atoms with Gasteiger partial charge in [-0.2, -0.15) is 5.10 Å². The normalized spacial score (nSPS) is 23.0. The van der Waals surface area contributed by atoms with E-state index in [1.54, 1.807) is 12.3 Å². The standard InChI is InChI=1S/C31H41FN10O2S/c1-3-39-15-17-40(18-16-39)23-10-12-41(13-11-23)27-8-7-22(19-25(27)32)31(33)36-29(24-20-34-38-30(24)37-31)35-26-6-4-5-21-9-14-42(28(21)26)45(2,43)44/h4-8,19-20,23H,3,9-18,33H2,1-2H3,(H,35,36)(H2,34,37,38). The zero-order valence-electron chi connectivity index (χ0n) is 25.8. The van der Waals surface area contributed by atoms with Crippen LogP contribution in [-0.4, -0.2) is 98.9 Å². The molecule has 5 N–H and O–H groups in total. The molecule has 4 aliphatic heterocycles. The molecule has 0 saturated carbocycles. The number of fused-ring (bicyclic) bond motifs is 2. The van der Waals surface area contributed by atoms with Crippen LogP contribution >= 0.6 is 0 Å². The summed E-state index contributed by atoms with van der Waals surface area (Å²) < 4.78 is 42.3. The van der Waals surface area contributed by atoms with Crippen molar-refractivity contribution in [3.63, 3.8) is 0 Å². The summed E-state index contributed by atoms with van der Waals surface area (Å²) in [5.74, 6) is -0.948. The molecule has 0 bridgehead atoms. The molecule has 0 spiro atoms. The smallest absolute Gasteiger partial charge is 0.232 e. The van der Waals surface area contributed by atoms with Crippen LogP contribution in [0.5, 0.6) is 0 Å². The highest BCUT2D eigenvalue weighted by molar-refractivity contribution is 7.92. The van der Waals surface area contributed by atoms with E-state index >= 15 is 4.39 Å². The average Bonchev–Trinajstić information content (AvgIpc) is 3.69. The minimum absolute atomic E-state index is 0.348. The van der Waals surface area contributed by atoms with Crippen molar-refractivity contribution in [3.05, 3.63) is 65.1 Å². The molecule has 0 radical (unpaired) electrons. The van der Waals surface area contributed by atoms with Crippen molar-refractivity contribution >= 4 is 38.7 Å². The van der Waals surface area contributed by atoms with Crippen LogP contribution in [0.25, 0.3) is 0 Å². The Morgan fingerprint density at radius 3 is 2.58 bits per heavy atom. The number of aliphatic imine (C=N–C) groups is 1. The monoisotopic (exact) mass is 636 g/mol. The van der Waals surface area contributed by atoms with Gasteiger partial charge in [0.2, 0.25) is 15.8 Å². The van der Waals surface area contributed by atoms with E-state index in [0.717, 1.165) is 64.2 Å². The molecule has 0 amide bonds. The van der Waals surface area contributed by atoms with Gasteiger partial charge < -0.3 is 20.4 Å². The third kappa shape index (κ3) is 5.64. The highest BCUT2D eigenvalue weighted by Crippen LogP contribution is 2.39. The Labute approximate surface area is 263 Å². The summed E-state index contributed by atoms with van der Waals surface area (Å²) in [5, 5.41) is 13.6. The number of sulfonamides is 1. The predicted octanol–water partition coefficient (Wildman–Crippen LogP) is 2.53. The maximum Gasteiger partial charge on any atom is 0.232 e. The Kier molecular flexibility index (Phi) is 7.71. The van der Waals surface area contributed by atoms with Crippen molar-refractivity contribution in [3.8, 4) is 0 Å². The van der Waals surface area contributed by atoms with Crippen LogP contribution in [0.4, 0.5) is 27.3 Å². The lowest BCUT2D eigenvalue weighted by Crippen LogP contribution is -2.53. The second-order valence-corrected chi connectivity index (χ2v) is 14.3. The van der Waals surface area contributed by atoms with Gasteiger partial charge in [0, 0.05) is 57.4 Å². The predicted molar refractivity (Wildman–Crippen MR) is 176 cm³/mol. The molecule has 7 rings (SSSR count). The number of piperazine rings is 1. The number of hydrogen-bond acceptors (Lipinski definition) is 10. The second kappa shape index (κ2) is 11.6. The Hall–Kier alpha value is -3.72. The fourth-order valence-corrected chi connectivity index (χ4v) is 8.12. The average molecular weight is 637 g/mol. The van der Waals surface area contributed by atoms with E-state index in [2.05, 4.69) is 42.5 Å². The van der Waals surface area contributed by atoms with Crippen LogP contribution in [0.1, 0.15) is 36.5 Å². The summed E-state index contributed by atoms with van der Waals surface area (Å²) in [6, 6.07) is 11.2. The van der Waals surface area contributed by atoms with E-state index in [1.807, 2.05) is 24.3 Å². The minimum Gasteiger partial charge on any atom is -0.369 e. The maximum atomic E-state index is 15.8. The third-order valence-electron chi connectivity index (χ3n) is 9.67. The van der Waals surface area contributed by atoms with Crippen LogP contribution in [0, 0.1) is 5.82 Å². The molecule has 12 nitrogen and oxygen atoms in total. The molecule has 5 heterocycles. The summed E-state index contributed by atoms with van der Waals surface area (Å²) in [7, 11) is -3.48. The zero-order chi connectivity index (χ0) is 31.3. The topological polar surface area (TPSA) is 138 Å². The summed E-state index contributed by atoms with van der Waals surface area (Å²) in [4.78, 5) is 12.0. The van der Waals surface area contributed by atoms with E-state index in [1.165, 1.54) is 16.6 Å². The summed E-state index contributed by atoms with van der Waals surface area (Å²) in [6.07, 6.45) is 5.45. The van der Waals surface area contributed by atoms with Gasteiger partial charge >= 0.3 is 0 Å². The van der Waals surface area contributed by atoms with Gasteiger partial charge in [0.05, 0.1) is 35.1 Å². The first kappa shape index (κ1) is 30.0. The molecule has 1 unspecified atom stereocenters. The molecular formula is C31H41FN10O2S. The van der Waals surface area contributed by atoms with Gasteiger partial charge in [0.15, 0.2) is 0 Å². The molecule has 0 aliphatic carbocycles. The van der Waals surface area contributed by atoms with Crippen LogP contribution < -0.4 is 25.6 Å². The van der Waals surface area contributed by atoms with Crippen molar-refractivity contribution in [2.45, 2.75) is 38.0 Å². The number of aromatic nitrogens is 2. The van der Waals surface area contributed by atoms with Crippen LogP contribution in [0.3, 0.4) is 0 Å².